The molecule has 0 N–H and O–H groups in total. The number of carbonyl (C=O) groups excluding carboxylic acids is 1. The van der Waals surface area contributed by atoms with Gasteiger partial charge in [-0.25, -0.2) is 9.97 Å². The van der Waals surface area contributed by atoms with E-state index < -0.39 is 11.9 Å². The number of nitrogens with zero attached hydrogens (tertiary/aromatic N) is 4. The number of aryl methyl sites for hydroxylation is 2. The van der Waals surface area contributed by atoms with E-state index in [9.17, 15) is 23.2 Å². The van der Waals surface area contributed by atoms with Crippen molar-refractivity contribution in [2.45, 2.75) is 25.0 Å². The molecule has 0 aliphatic heterocycles. The van der Waals surface area contributed by atoms with Crippen molar-refractivity contribution in [1.82, 2.24) is 14.5 Å². The number of aromatic nitrogens is 3. The number of benzene rings is 1. The fourth-order valence-corrected chi connectivity index (χ4v) is 3.66. The van der Waals surface area contributed by atoms with Crippen LogP contribution in [-0.4, -0.2) is 26.2 Å². The largest absolute Gasteiger partial charge is 0.433 e. The summed E-state index contributed by atoms with van der Waals surface area (Å²) in [5.74, 6) is -0.0681. The fraction of sp³-hybridized carbons (Fsp3) is 0.200. The molecule has 2 aromatic heterocycles. The normalized spacial score (nSPS) is 11.3. The van der Waals surface area contributed by atoms with E-state index in [2.05, 4.69) is 9.97 Å². The second-order valence-corrected chi connectivity index (χ2v) is 7.16. The molecule has 0 unspecified atom stereocenters. The van der Waals surface area contributed by atoms with E-state index in [1.807, 2.05) is 6.07 Å². The number of alkyl halides is 3. The average molecular weight is 416 g/mol. The monoisotopic (exact) mass is 416 g/mol. The minimum atomic E-state index is -4.69. The van der Waals surface area contributed by atoms with E-state index in [-0.39, 0.29) is 27.8 Å². The number of rotatable bonds is 4. The molecule has 0 atom stereocenters. The van der Waals surface area contributed by atoms with Crippen molar-refractivity contribution in [3.05, 3.63) is 65.4 Å². The standard InChI is InChI=1S/C20H15F3N4OS/c1-12-10-27(13(2)25-12)18(28)11-29-19-16(9-24)15(14-6-4-3-5-7-14)8-17(26-19)20(21,22)23/h3-8,10H,11H2,1-2H3. The maximum atomic E-state index is 13.4. The summed E-state index contributed by atoms with van der Waals surface area (Å²) >= 11 is 0.800. The number of imidazole rings is 1. The number of thioether (sulfide) groups is 1. The highest BCUT2D eigenvalue weighted by atomic mass is 32.2. The molecule has 0 saturated heterocycles. The van der Waals surface area contributed by atoms with Crippen molar-refractivity contribution in [3.63, 3.8) is 0 Å². The molecule has 0 radical (unpaired) electrons. The minimum absolute atomic E-state index is 0.000494. The molecular weight excluding hydrogens is 401 g/mol. The lowest BCUT2D eigenvalue weighted by atomic mass is 10.0. The number of nitriles is 1. The van der Waals surface area contributed by atoms with E-state index in [1.54, 1.807) is 50.4 Å². The Balaban J connectivity index is 2.02. The average Bonchev–Trinajstić information content (AvgIpc) is 3.03. The van der Waals surface area contributed by atoms with Gasteiger partial charge in [-0.2, -0.15) is 18.4 Å². The number of hydrogen-bond donors (Lipinski definition) is 0. The number of hydrogen-bond acceptors (Lipinski definition) is 5. The van der Waals surface area contributed by atoms with Gasteiger partial charge in [-0.3, -0.25) is 9.36 Å². The molecule has 0 bridgehead atoms. The SMILES string of the molecule is Cc1cn(C(=O)CSc2nc(C(F)(F)F)cc(-c3ccccc3)c2C#N)c(C)n1. The van der Waals surface area contributed by atoms with Gasteiger partial charge in [0.15, 0.2) is 0 Å². The van der Waals surface area contributed by atoms with Crippen molar-refractivity contribution >= 4 is 17.7 Å². The second-order valence-electron chi connectivity index (χ2n) is 6.19. The van der Waals surface area contributed by atoms with Gasteiger partial charge < -0.3 is 0 Å². The molecule has 1 aromatic carbocycles. The van der Waals surface area contributed by atoms with Gasteiger partial charge in [-0.15, -0.1) is 0 Å². The highest BCUT2D eigenvalue weighted by molar-refractivity contribution is 8.00. The lowest BCUT2D eigenvalue weighted by Gasteiger charge is -2.14. The van der Waals surface area contributed by atoms with Crippen LogP contribution in [0.2, 0.25) is 0 Å². The van der Waals surface area contributed by atoms with Gasteiger partial charge in [-0.1, -0.05) is 42.1 Å². The molecule has 3 rings (SSSR count). The first-order valence-electron chi connectivity index (χ1n) is 8.47. The van der Waals surface area contributed by atoms with Crippen LogP contribution in [0.1, 0.15) is 27.6 Å². The van der Waals surface area contributed by atoms with Crippen molar-refractivity contribution in [1.29, 1.82) is 5.26 Å². The smallest absolute Gasteiger partial charge is 0.273 e. The molecule has 5 nitrogen and oxygen atoms in total. The molecule has 0 saturated carbocycles. The summed E-state index contributed by atoms with van der Waals surface area (Å²) in [6, 6.07) is 11.1. The van der Waals surface area contributed by atoms with Crippen LogP contribution in [0, 0.1) is 25.2 Å². The summed E-state index contributed by atoms with van der Waals surface area (Å²) in [7, 11) is 0. The third kappa shape index (κ3) is 4.49. The molecule has 148 valence electrons. The predicted molar refractivity (Wildman–Crippen MR) is 102 cm³/mol. The van der Waals surface area contributed by atoms with Gasteiger partial charge in [-0.05, 0) is 25.5 Å². The van der Waals surface area contributed by atoms with Gasteiger partial charge >= 0.3 is 6.18 Å². The third-order valence-corrected chi connectivity index (χ3v) is 5.04. The number of halogens is 3. The molecule has 0 spiro atoms. The van der Waals surface area contributed by atoms with E-state index >= 15 is 0 Å². The van der Waals surface area contributed by atoms with Crippen LogP contribution < -0.4 is 0 Å². The van der Waals surface area contributed by atoms with Crippen LogP contribution in [-0.2, 0) is 6.18 Å². The lowest BCUT2D eigenvalue weighted by molar-refractivity contribution is -0.141. The molecular formula is C20H15F3N4OS. The first-order chi connectivity index (χ1) is 13.7. The number of pyridine rings is 1. The predicted octanol–water partition coefficient (Wildman–Crippen LogP) is 4.88. The summed E-state index contributed by atoms with van der Waals surface area (Å²) < 4.78 is 41.5. The zero-order valence-electron chi connectivity index (χ0n) is 15.5. The highest BCUT2D eigenvalue weighted by Gasteiger charge is 2.34. The van der Waals surface area contributed by atoms with Gasteiger partial charge in [0.1, 0.15) is 22.6 Å². The summed E-state index contributed by atoms with van der Waals surface area (Å²) in [6.45, 7) is 3.39. The zero-order chi connectivity index (χ0) is 21.2. The van der Waals surface area contributed by atoms with Crippen LogP contribution >= 0.6 is 11.8 Å². The Morgan fingerprint density at radius 3 is 2.45 bits per heavy atom. The third-order valence-electron chi connectivity index (χ3n) is 4.08. The molecule has 0 aliphatic carbocycles. The summed E-state index contributed by atoms with van der Waals surface area (Å²) in [5.41, 5.74) is 0.133. The molecule has 0 fully saturated rings. The minimum Gasteiger partial charge on any atom is -0.273 e. The Kier molecular flexibility index (Phi) is 5.75. The molecule has 0 amide bonds. The van der Waals surface area contributed by atoms with Crippen molar-refractivity contribution < 1.29 is 18.0 Å². The maximum Gasteiger partial charge on any atom is 0.433 e. The van der Waals surface area contributed by atoms with Gasteiger partial charge in [0, 0.05) is 11.8 Å². The van der Waals surface area contributed by atoms with Crippen molar-refractivity contribution in [3.8, 4) is 17.2 Å². The molecule has 29 heavy (non-hydrogen) atoms. The van der Waals surface area contributed by atoms with Crippen LogP contribution in [0.25, 0.3) is 11.1 Å². The Morgan fingerprint density at radius 2 is 1.90 bits per heavy atom. The van der Waals surface area contributed by atoms with Gasteiger partial charge in [0.2, 0.25) is 5.91 Å². The zero-order valence-corrected chi connectivity index (χ0v) is 16.3. The van der Waals surface area contributed by atoms with Gasteiger partial charge in [0.25, 0.3) is 0 Å². The van der Waals surface area contributed by atoms with E-state index in [4.69, 9.17) is 0 Å². The molecule has 2 heterocycles. The Labute approximate surface area is 169 Å². The van der Waals surface area contributed by atoms with Crippen molar-refractivity contribution in [2.75, 3.05) is 5.75 Å². The van der Waals surface area contributed by atoms with Crippen LogP contribution in [0.4, 0.5) is 13.2 Å². The van der Waals surface area contributed by atoms with E-state index in [0.29, 0.717) is 17.1 Å². The Morgan fingerprint density at radius 1 is 1.21 bits per heavy atom. The van der Waals surface area contributed by atoms with Crippen LogP contribution in [0.3, 0.4) is 0 Å². The highest BCUT2D eigenvalue weighted by Crippen LogP contribution is 2.36. The summed E-state index contributed by atoms with van der Waals surface area (Å²) in [4.78, 5) is 20.2. The van der Waals surface area contributed by atoms with Crippen molar-refractivity contribution in [2.24, 2.45) is 0 Å². The number of carbonyl (C=O) groups is 1. The summed E-state index contributed by atoms with van der Waals surface area (Å²) in [5, 5.41) is 9.46. The maximum absolute atomic E-state index is 13.4. The Hall–Kier alpha value is -3.12. The molecule has 9 heteroatoms. The topological polar surface area (TPSA) is 71.6 Å². The first-order valence-corrected chi connectivity index (χ1v) is 9.45. The van der Waals surface area contributed by atoms with Crippen LogP contribution in [0.15, 0.2) is 47.6 Å². The lowest BCUT2D eigenvalue weighted by Crippen LogP contribution is -2.15. The molecule has 3 aromatic rings. The van der Waals surface area contributed by atoms with Gasteiger partial charge in [0.05, 0.1) is 17.0 Å². The first kappa shape index (κ1) is 20.6. The van der Waals surface area contributed by atoms with E-state index in [1.165, 1.54) is 4.57 Å². The van der Waals surface area contributed by atoms with E-state index in [0.717, 1.165) is 17.8 Å². The quantitative estimate of drug-likeness (QED) is 0.567. The summed E-state index contributed by atoms with van der Waals surface area (Å²) in [6.07, 6.45) is -3.13. The Bertz CT molecular complexity index is 1100. The second kappa shape index (κ2) is 8.09. The molecule has 0 aliphatic rings. The fourth-order valence-electron chi connectivity index (χ4n) is 2.80. The van der Waals surface area contributed by atoms with Crippen LogP contribution in [0.5, 0.6) is 0 Å².